The van der Waals surface area contributed by atoms with E-state index in [0.29, 0.717) is 22.2 Å². The molecule has 1 aliphatic heterocycles. The number of halogens is 1. The standard InChI is InChI=1S/C21H25N3O2S.ClH/c25-20(19-6-3-13-27-19)23-18-5-2-1-4-17(18)21(26)24-11-9-16(10-12-24)22-14-15-7-8-15;/h1-6,13,15-16,22H,7-12,14H2,(H,23,25);1H. The predicted octanol–water partition coefficient (Wildman–Crippen LogP) is 4.03. The zero-order valence-corrected chi connectivity index (χ0v) is 17.4. The molecule has 5 nitrogen and oxygen atoms in total. The van der Waals surface area contributed by atoms with E-state index in [1.54, 1.807) is 18.2 Å². The second kappa shape index (κ2) is 9.54. The van der Waals surface area contributed by atoms with Gasteiger partial charge in [-0.2, -0.15) is 0 Å². The van der Waals surface area contributed by atoms with E-state index in [-0.39, 0.29) is 24.2 Å². The van der Waals surface area contributed by atoms with Crippen molar-refractivity contribution in [3.05, 3.63) is 52.2 Å². The Morgan fingerprint density at radius 2 is 1.79 bits per heavy atom. The van der Waals surface area contributed by atoms with Gasteiger partial charge in [0.05, 0.1) is 16.1 Å². The van der Waals surface area contributed by atoms with Crippen molar-refractivity contribution in [3.63, 3.8) is 0 Å². The van der Waals surface area contributed by atoms with Crippen molar-refractivity contribution >= 4 is 41.2 Å². The minimum absolute atomic E-state index is 0. The summed E-state index contributed by atoms with van der Waals surface area (Å²) in [7, 11) is 0. The smallest absolute Gasteiger partial charge is 0.265 e. The van der Waals surface area contributed by atoms with Crippen molar-refractivity contribution in [1.29, 1.82) is 0 Å². The summed E-state index contributed by atoms with van der Waals surface area (Å²) < 4.78 is 0. The van der Waals surface area contributed by atoms with Gasteiger partial charge in [0.15, 0.2) is 0 Å². The summed E-state index contributed by atoms with van der Waals surface area (Å²) in [4.78, 5) is 27.9. The van der Waals surface area contributed by atoms with Crippen LogP contribution in [0.5, 0.6) is 0 Å². The number of thiophene rings is 1. The maximum atomic E-state index is 13.0. The topological polar surface area (TPSA) is 61.4 Å². The van der Waals surface area contributed by atoms with Crippen molar-refractivity contribution < 1.29 is 9.59 Å². The quantitative estimate of drug-likeness (QED) is 0.743. The molecule has 2 aromatic rings. The van der Waals surface area contributed by atoms with Gasteiger partial charge in [-0.1, -0.05) is 18.2 Å². The Bertz CT molecular complexity index is 800. The molecule has 2 amide bonds. The molecule has 0 unspecified atom stereocenters. The molecule has 1 aromatic heterocycles. The molecule has 2 aliphatic rings. The molecule has 0 radical (unpaired) electrons. The van der Waals surface area contributed by atoms with Gasteiger partial charge in [-0.15, -0.1) is 23.7 Å². The Morgan fingerprint density at radius 1 is 1.04 bits per heavy atom. The molecule has 2 N–H and O–H groups in total. The molecule has 7 heteroatoms. The third-order valence-corrected chi connectivity index (χ3v) is 6.19. The van der Waals surface area contributed by atoms with Crippen LogP contribution >= 0.6 is 23.7 Å². The number of carbonyl (C=O) groups excluding carboxylic acids is 2. The van der Waals surface area contributed by atoms with Gasteiger partial charge < -0.3 is 15.5 Å². The van der Waals surface area contributed by atoms with Gasteiger partial charge in [0.1, 0.15) is 0 Å². The van der Waals surface area contributed by atoms with E-state index >= 15 is 0 Å². The highest BCUT2D eigenvalue weighted by atomic mass is 35.5. The molecule has 2 fully saturated rings. The van der Waals surface area contributed by atoms with Gasteiger partial charge >= 0.3 is 0 Å². The van der Waals surface area contributed by atoms with Crippen LogP contribution in [0.2, 0.25) is 0 Å². The van der Waals surface area contributed by atoms with E-state index in [2.05, 4.69) is 10.6 Å². The van der Waals surface area contributed by atoms with E-state index in [4.69, 9.17) is 0 Å². The number of carbonyl (C=O) groups is 2. The Kier molecular flexibility index (Phi) is 7.10. The Hall–Kier alpha value is -1.89. The molecule has 1 aliphatic carbocycles. The molecule has 0 atom stereocenters. The largest absolute Gasteiger partial charge is 0.338 e. The molecule has 4 rings (SSSR count). The van der Waals surface area contributed by atoms with Crippen molar-refractivity contribution in [3.8, 4) is 0 Å². The van der Waals surface area contributed by atoms with Gasteiger partial charge in [0.25, 0.3) is 11.8 Å². The van der Waals surface area contributed by atoms with E-state index in [9.17, 15) is 9.59 Å². The van der Waals surface area contributed by atoms with Crippen molar-refractivity contribution in [1.82, 2.24) is 10.2 Å². The van der Waals surface area contributed by atoms with Gasteiger partial charge in [0.2, 0.25) is 0 Å². The van der Waals surface area contributed by atoms with Gasteiger partial charge in [-0.3, -0.25) is 9.59 Å². The molecule has 2 heterocycles. The number of nitrogens with one attached hydrogen (secondary N) is 2. The molecule has 0 spiro atoms. The lowest BCUT2D eigenvalue weighted by molar-refractivity contribution is 0.0706. The third kappa shape index (κ3) is 5.13. The minimum atomic E-state index is -0.173. The summed E-state index contributed by atoms with van der Waals surface area (Å²) in [5.41, 5.74) is 1.14. The summed E-state index contributed by atoms with van der Waals surface area (Å²) >= 11 is 1.39. The number of para-hydroxylation sites is 1. The number of benzene rings is 1. The van der Waals surface area contributed by atoms with E-state index < -0.39 is 0 Å². The van der Waals surface area contributed by atoms with Crippen LogP contribution < -0.4 is 10.6 Å². The van der Waals surface area contributed by atoms with Gasteiger partial charge in [-0.05, 0) is 61.7 Å². The number of rotatable bonds is 6. The Balaban J connectivity index is 0.00000225. The van der Waals surface area contributed by atoms with E-state index in [0.717, 1.165) is 38.4 Å². The van der Waals surface area contributed by atoms with Crippen LogP contribution in [-0.2, 0) is 0 Å². The molecule has 1 saturated heterocycles. The zero-order chi connectivity index (χ0) is 18.6. The van der Waals surface area contributed by atoms with Crippen molar-refractivity contribution in [2.75, 3.05) is 25.0 Å². The average Bonchev–Trinajstić information content (AvgIpc) is 3.37. The maximum Gasteiger partial charge on any atom is 0.265 e. The number of amides is 2. The highest BCUT2D eigenvalue weighted by molar-refractivity contribution is 7.12. The molecule has 150 valence electrons. The van der Waals surface area contributed by atoms with Crippen LogP contribution in [0.15, 0.2) is 41.8 Å². The summed E-state index contributed by atoms with van der Waals surface area (Å²) in [5, 5.41) is 8.40. The molecule has 1 aromatic carbocycles. The summed E-state index contributed by atoms with van der Waals surface area (Å²) in [6.45, 7) is 2.64. The predicted molar refractivity (Wildman–Crippen MR) is 116 cm³/mol. The SMILES string of the molecule is Cl.O=C(Nc1ccccc1C(=O)N1CCC(NCC2CC2)CC1)c1cccs1. The number of piperidine rings is 1. The van der Waals surface area contributed by atoms with Crippen molar-refractivity contribution in [2.24, 2.45) is 5.92 Å². The highest BCUT2D eigenvalue weighted by Gasteiger charge is 2.27. The monoisotopic (exact) mass is 419 g/mol. The highest BCUT2D eigenvalue weighted by Crippen LogP contribution is 2.28. The van der Waals surface area contributed by atoms with Crippen LogP contribution in [0.1, 0.15) is 45.7 Å². The van der Waals surface area contributed by atoms with Crippen LogP contribution in [0.25, 0.3) is 0 Å². The van der Waals surface area contributed by atoms with Crippen LogP contribution in [0.4, 0.5) is 5.69 Å². The summed E-state index contributed by atoms with van der Waals surface area (Å²) in [6, 6.07) is 11.4. The molecule has 1 saturated carbocycles. The lowest BCUT2D eigenvalue weighted by atomic mass is 10.0. The molecule has 0 bridgehead atoms. The zero-order valence-electron chi connectivity index (χ0n) is 15.7. The van der Waals surface area contributed by atoms with Gasteiger partial charge in [-0.25, -0.2) is 0 Å². The fourth-order valence-corrected chi connectivity index (χ4v) is 4.10. The fraction of sp³-hybridized carbons (Fsp3) is 0.429. The molecular formula is C21H26ClN3O2S. The second-order valence-corrected chi connectivity index (χ2v) is 8.34. The first-order chi connectivity index (χ1) is 13.2. The normalized spacial score (nSPS) is 17.1. The first-order valence-electron chi connectivity index (χ1n) is 9.67. The van der Waals surface area contributed by atoms with E-state index in [1.807, 2.05) is 28.5 Å². The number of hydrogen-bond acceptors (Lipinski definition) is 4. The molecule has 28 heavy (non-hydrogen) atoms. The minimum Gasteiger partial charge on any atom is -0.338 e. The Morgan fingerprint density at radius 3 is 2.46 bits per heavy atom. The third-order valence-electron chi connectivity index (χ3n) is 5.32. The lowest BCUT2D eigenvalue weighted by Crippen LogP contribution is -2.45. The first kappa shape index (κ1) is 20.8. The number of anilines is 1. The van der Waals surface area contributed by atoms with Crippen LogP contribution in [-0.4, -0.2) is 42.4 Å². The first-order valence-corrected chi connectivity index (χ1v) is 10.5. The van der Waals surface area contributed by atoms with E-state index in [1.165, 1.54) is 24.2 Å². The number of hydrogen-bond donors (Lipinski definition) is 2. The van der Waals surface area contributed by atoms with Gasteiger partial charge in [0, 0.05) is 19.1 Å². The summed E-state index contributed by atoms with van der Waals surface area (Å²) in [5.74, 6) is 0.703. The maximum absolute atomic E-state index is 13.0. The van der Waals surface area contributed by atoms with Crippen molar-refractivity contribution in [2.45, 2.75) is 31.7 Å². The number of likely N-dealkylation sites (tertiary alicyclic amines) is 1. The number of nitrogens with zero attached hydrogens (tertiary/aromatic N) is 1. The van der Waals surface area contributed by atoms with Crippen LogP contribution in [0, 0.1) is 5.92 Å². The summed E-state index contributed by atoms with van der Waals surface area (Å²) in [6.07, 6.45) is 4.70. The Labute approximate surface area is 175 Å². The lowest BCUT2D eigenvalue weighted by Gasteiger charge is -2.33. The second-order valence-electron chi connectivity index (χ2n) is 7.40. The average molecular weight is 420 g/mol. The fourth-order valence-electron chi connectivity index (χ4n) is 3.48. The molecular weight excluding hydrogens is 394 g/mol. The van der Waals surface area contributed by atoms with Crippen LogP contribution in [0.3, 0.4) is 0 Å².